The number of ether oxygens (including phenoxy) is 1. The number of aryl methyl sites for hydroxylation is 1. The van der Waals surface area contributed by atoms with Gasteiger partial charge >= 0.3 is 0 Å². The van der Waals surface area contributed by atoms with Crippen molar-refractivity contribution in [2.45, 2.75) is 51.5 Å². The van der Waals surface area contributed by atoms with Crippen LogP contribution < -0.4 is 0 Å². The Labute approximate surface area is 158 Å². The van der Waals surface area contributed by atoms with Crippen molar-refractivity contribution < 1.29 is 14.1 Å². The second-order valence-corrected chi connectivity index (χ2v) is 7.46. The Hall–Kier alpha value is -2.22. The van der Waals surface area contributed by atoms with E-state index in [0.29, 0.717) is 50.1 Å². The van der Waals surface area contributed by atoms with Crippen molar-refractivity contribution in [1.29, 1.82) is 0 Å². The highest BCUT2D eigenvalue weighted by Crippen LogP contribution is 2.27. The molecule has 8 nitrogen and oxygen atoms in total. The molecular formula is C19H27N5O3. The van der Waals surface area contributed by atoms with Gasteiger partial charge in [0.25, 0.3) is 5.91 Å². The summed E-state index contributed by atoms with van der Waals surface area (Å²) in [6.07, 6.45) is 7.59. The van der Waals surface area contributed by atoms with Gasteiger partial charge in [0, 0.05) is 38.9 Å². The SMILES string of the molecule is CCn1nccc1C(=O)N1CC(c2nc(CCOCC3CCCC3)no2)C1. The average molecular weight is 373 g/mol. The normalized spacial score (nSPS) is 18.2. The van der Waals surface area contributed by atoms with Crippen LogP contribution in [-0.2, 0) is 17.7 Å². The van der Waals surface area contributed by atoms with Crippen LogP contribution in [0.2, 0.25) is 0 Å². The van der Waals surface area contributed by atoms with Gasteiger partial charge in [0.15, 0.2) is 5.82 Å². The lowest BCUT2D eigenvalue weighted by Gasteiger charge is -2.36. The van der Waals surface area contributed by atoms with Crippen molar-refractivity contribution in [2.75, 3.05) is 26.3 Å². The highest BCUT2D eigenvalue weighted by atomic mass is 16.5. The van der Waals surface area contributed by atoms with E-state index in [-0.39, 0.29) is 11.8 Å². The van der Waals surface area contributed by atoms with Crippen LogP contribution in [0, 0.1) is 5.92 Å². The summed E-state index contributed by atoms with van der Waals surface area (Å²) in [5.41, 5.74) is 0.626. The van der Waals surface area contributed by atoms with E-state index in [2.05, 4.69) is 15.2 Å². The number of amides is 1. The summed E-state index contributed by atoms with van der Waals surface area (Å²) >= 11 is 0. The van der Waals surface area contributed by atoms with E-state index in [1.807, 2.05) is 6.92 Å². The van der Waals surface area contributed by atoms with Crippen molar-refractivity contribution in [1.82, 2.24) is 24.8 Å². The van der Waals surface area contributed by atoms with Gasteiger partial charge in [-0.2, -0.15) is 10.1 Å². The van der Waals surface area contributed by atoms with Gasteiger partial charge in [-0.1, -0.05) is 18.0 Å². The number of likely N-dealkylation sites (tertiary alicyclic amines) is 1. The van der Waals surface area contributed by atoms with Crippen LogP contribution in [-0.4, -0.2) is 57.0 Å². The molecule has 0 N–H and O–H groups in total. The van der Waals surface area contributed by atoms with Gasteiger partial charge in [-0.25, -0.2) is 0 Å². The van der Waals surface area contributed by atoms with Gasteiger partial charge in [-0.15, -0.1) is 0 Å². The first-order valence-corrected chi connectivity index (χ1v) is 9.96. The molecule has 0 unspecified atom stereocenters. The maximum Gasteiger partial charge on any atom is 0.272 e. The van der Waals surface area contributed by atoms with E-state index in [0.717, 1.165) is 12.5 Å². The topological polar surface area (TPSA) is 86.3 Å². The summed E-state index contributed by atoms with van der Waals surface area (Å²) in [5.74, 6) is 2.16. The summed E-state index contributed by atoms with van der Waals surface area (Å²) in [6.45, 7) is 5.34. The fourth-order valence-corrected chi connectivity index (χ4v) is 3.85. The van der Waals surface area contributed by atoms with Crippen molar-refractivity contribution in [2.24, 2.45) is 5.92 Å². The number of nitrogens with zero attached hydrogens (tertiary/aromatic N) is 5. The molecule has 27 heavy (non-hydrogen) atoms. The van der Waals surface area contributed by atoms with Crippen molar-refractivity contribution in [3.8, 4) is 0 Å². The number of hydrogen-bond acceptors (Lipinski definition) is 6. The molecule has 1 amide bonds. The van der Waals surface area contributed by atoms with Crippen molar-refractivity contribution >= 4 is 5.91 Å². The Morgan fingerprint density at radius 3 is 2.93 bits per heavy atom. The van der Waals surface area contributed by atoms with Crippen LogP contribution in [0.15, 0.2) is 16.8 Å². The fraction of sp³-hybridized carbons (Fsp3) is 0.684. The molecule has 8 heteroatoms. The van der Waals surface area contributed by atoms with Crippen LogP contribution in [0.5, 0.6) is 0 Å². The first-order valence-electron chi connectivity index (χ1n) is 9.96. The van der Waals surface area contributed by atoms with Gasteiger partial charge in [0.2, 0.25) is 5.89 Å². The maximum atomic E-state index is 12.5. The van der Waals surface area contributed by atoms with E-state index >= 15 is 0 Å². The molecule has 3 heterocycles. The monoisotopic (exact) mass is 373 g/mol. The lowest BCUT2D eigenvalue weighted by molar-refractivity contribution is 0.0556. The lowest BCUT2D eigenvalue weighted by atomic mass is 9.99. The average Bonchev–Trinajstić information content (AvgIpc) is 3.38. The van der Waals surface area contributed by atoms with Crippen LogP contribution >= 0.6 is 0 Å². The zero-order chi connectivity index (χ0) is 18.6. The third kappa shape index (κ3) is 4.05. The third-order valence-electron chi connectivity index (χ3n) is 5.54. The molecular weight excluding hydrogens is 346 g/mol. The molecule has 2 aliphatic rings. The highest BCUT2D eigenvalue weighted by molar-refractivity contribution is 5.93. The molecule has 0 atom stereocenters. The molecule has 2 aromatic heterocycles. The number of hydrogen-bond donors (Lipinski definition) is 0. The second-order valence-electron chi connectivity index (χ2n) is 7.46. The first kappa shape index (κ1) is 18.2. The summed E-state index contributed by atoms with van der Waals surface area (Å²) < 4.78 is 12.9. The molecule has 1 saturated carbocycles. The van der Waals surface area contributed by atoms with Gasteiger partial charge in [-0.3, -0.25) is 9.48 Å². The Morgan fingerprint density at radius 1 is 1.33 bits per heavy atom. The van der Waals surface area contributed by atoms with Gasteiger partial charge in [-0.05, 0) is 31.7 Å². The Balaban J connectivity index is 1.21. The largest absolute Gasteiger partial charge is 0.381 e. The van der Waals surface area contributed by atoms with Gasteiger partial charge in [0.05, 0.1) is 12.5 Å². The predicted octanol–water partition coefficient (Wildman–Crippen LogP) is 2.27. The minimum absolute atomic E-state index is 0.00523. The summed E-state index contributed by atoms with van der Waals surface area (Å²) in [4.78, 5) is 18.8. The van der Waals surface area contributed by atoms with E-state index in [1.165, 1.54) is 25.7 Å². The third-order valence-corrected chi connectivity index (χ3v) is 5.54. The van der Waals surface area contributed by atoms with Crippen molar-refractivity contribution in [3.05, 3.63) is 29.7 Å². The minimum atomic E-state index is 0.00523. The highest BCUT2D eigenvalue weighted by Gasteiger charge is 2.36. The van der Waals surface area contributed by atoms with Gasteiger partial charge < -0.3 is 14.2 Å². The molecule has 146 valence electrons. The van der Waals surface area contributed by atoms with Crippen LogP contribution in [0.25, 0.3) is 0 Å². The molecule has 2 aromatic rings. The predicted molar refractivity (Wildman–Crippen MR) is 97.3 cm³/mol. The summed E-state index contributed by atoms with van der Waals surface area (Å²) in [6, 6.07) is 1.76. The zero-order valence-corrected chi connectivity index (χ0v) is 15.8. The molecule has 4 rings (SSSR count). The molecule has 0 bridgehead atoms. The molecule has 1 aliphatic carbocycles. The molecule has 2 fully saturated rings. The summed E-state index contributed by atoms with van der Waals surface area (Å²) in [7, 11) is 0. The second kappa shape index (κ2) is 8.21. The summed E-state index contributed by atoms with van der Waals surface area (Å²) in [5, 5.41) is 8.21. The van der Waals surface area contributed by atoms with E-state index < -0.39 is 0 Å². The van der Waals surface area contributed by atoms with Crippen LogP contribution in [0.4, 0.5) is 0 Å². The minimum Gasteiger partial charge on any atom is -0.381 e. The van der Waals surface area contributed by atoms with Crippen LogP contribution in [0.3, 0.4) is 0 Å². The molecule has 1 aliphatic heterocycles. The number of rotatable bonds is 8. The van der Waals surface area contributed by atoms with Crippen molar-refractivity contribution in [3.63, 3.8) is 0 Å². The Kier molecular flexibility index (Phi) is 5.52. The van der Waals surface area contributed by atoms with Crippen LogP contribution in [0.1, 0.15) is 60.7 Å². The zero-order valence-electron chi connectivity index (χ0n) is 15.8. The smallest absolute Gasteiger partial charge is 0.272 e. The Morgan fingerprint density at radius 2 is 2.15 bits per heavy atom. The number of aromatic nitrogens is 4. The van der Waals surface area contributed by atoms with E-state index in [1.54, 1.807) is 21.8 Å². The number of carbonyl (C=O) groups excluding carboxylic acids is 1. The standard InChI is InChI=1S/C19H27N5O3/c1-2-24-16(7-9-20-24)19(25)23-11-15(12-23)18-21-17(22-27-18)8-10-26-13-14-5-3-4-6-14/h7,9,14-15H,2-6,8,10-13H2,1H3. The molecule has 0 radical (unpaired) electrons. The molecule has 0 aromatic carbocycles. The lowest BCUT2D eigenvalue weighted by Crippen LogP contribution is -2.49. The van der Waals surface area contributed by atoms with E-state index in [9.17, 15) is 4.79 Å². The number of carbonyl (C=O) groups is 1. The maximum absolute atomic E-state index is 12.5. The molecule has 1 saturated heterocycles. The Bertz CT molecular complexity index is 759. The van der Waals surface area contributed by atoms with Gasteiger partial charge in [0.1, 0.15) is 5.69 Å². The van der Waals surface area contributed by atoms with E-state index in [4.69, 9.17) is 9.26 Å². The quantitative estimate of drug-likeness (QED) is 0.660. The fourth-order valence-electron chi connectivity index (χ4n) is 3.85. The molecule has 0 spiro atoms. The first-order chi connectivity index (χ1) is 13.2.